The minimum absolute atomic E-state index is 0.207. The maximum atomic E-state index is 12.8. The normalized spacial score (nSPS) is 13.6. The number of rotatable bonds is 8. The maximum Gasteiger partial charge on any atom is 0.416 e. The van der Waals surface area contributed by atoms with Crippen LogP contribution in [-0.4, -0.2) is 18.1 Å². The minimum Gasteiger partial charge on any atom is -0.359 e. The highest BCUT2D eigenvalue weighted by atomic mass is 19.4. The van der Waals surface area contributed by atoms with E-state index in [4.69, 9.17) is 4.52 Å². The van der Waals surface area contributed by atoms with E-state index in [-0.39, 0.29) is 11.9 Å². The van der Waals surface area contributed by atoms with Crippen molar-refractivity contribution in [3.63, 3.8) is 0 Å². The number of likely N-dealkylation sites (N-methyl/N-ethyl adjacent to an activating group) is 1. The number of nitrogens with zero attached hydrogens (tertiary/aromatic N) is 1. The zero-order valence-electron chi connectivity index (χ0n) is 17.2. The lowest BCUT2D eigenvalue weighted by molar-refractivity contribution is -0.137. The summed E-state index contributed by atoms with van der Waals surface area (Å²) in [5.74, 6) is 0.358. The Hall–Kier alpha value is -3.13. The Labute approximate surface area is 178 Å². The standard InChI is InChI=1S/C23H24F3N3O2/c1-15-14-20(31-29-15)19(13-10-16-8-11-18(12-9-16)23(24,25)26)28-21(22(30)27-2)17-6-4-3-5-7-17/h3-9,11-12,14,19,21,28H,10,13H2,1-2H3,(H,27,30)/t19-,21+/m1/s1. The molecule has 31 heavy (non-hydrogen) atoms. The van der Waals surface area contributed by atoms with Gasteiger partial charge in [-0.15, -0.1) is 0 Å². The van der Waals surface area contributed by atoms with E-state index in [1.807, 2.05) is 30.3 Å². The third-order valence-electron chi connectivity index (χ3n) is 5.00. The van der Waals surface area contributed by atoms with Gasteiger partial charge >= 0.3 is 6.18 Å². The van der Waals surface area contributed by atoms with Crippen molar-refractivity contribution >= 4 is 5.91 Å². The molecule has 8 heteroatoms. The molecule has 0 unspecified atom stereocenters. The lowest BCUT2D eigenvalue weighted by Gasteiger charge is -2.24. The van der Waals surface area contributed by atoms with Crippen LogP contribution in [0, 0.1) is 6.92 Å². The van der Waals surface area contributed by atoms with Crippen LogP contribution in [0.4, 0.5) is 13.2 Å². The number of hydrogen-bond acceptors (Lipinski definition) is 4. The lowest BCUT2D eigenvalue weighted by Crippen LogP contribution is -2.38. The first-order valence-electron chi connectivity index (χ1n) is 9.90. The monoisotopic (exact) mass is 431 g/mol. The molecule has 0 aliphatic heterocycles. The number of nitrogens with one attached hydrogen (secondary N) is 2. The highest BCUT2D eigenvalue weighted by molar-refractivity contribution is 5.82. The SMILES string of the molecule is CNC(=O)[C@@H](N[C@H](CCc1ccc(C(F)(F)F)cc1)c1cc(C)no1)c1ccccc1. The maximum absolute atomic E-state index is 12.8. The Bertz CT molecular complexity index is 985. The Balaban J connectivity index is 1.80. The van der Waals surface area contributed by atoms with Crippen molar-refractivity contribution in [2.45, 2.75) is 38.0 Å². The van der Waals surface area contributed by atoms with E-state index in [2.05, 4.69) is 15.8 Å². The smallest absolute Gasteiger partial charge is 0.359 e. The summed E-state index contributed by atoms with van der Waals surface area (Å²) in [6, 6.07) is 15.2. The van der Waals surface area contributed by atoms with Crippen LogP contribution in [0.2, 0.25) is 0 Å². The van der Waals surface area contributed by atoms with Gasteiger partial charge in [0.25, 0.3) is 0 Å². The van der Waals surface area contributed by atoms with Gasteiger partial charge in [0.2, 0.25) is 5.91 Å². The van der Waals surface area contributed by atoms with Gasteiger partial charge in [-0.3, -0.25) is 10.1 Å². The second-order valence-corrected chi connectivity index (χ2v) is 7.28. The molecule has 2 aromatic carbocycles. The van der Waals surface area contributed by atoms with Gasteiger partial charge in [-0.05, 0) is 43.0 Å². The second kappa shape index (κ2) is 9.78. The molecule has 0 spiro atoms. The van der Waals surface area contributed by atoms with Crippen molar-refractivity contribution in [3.8, 4) is 0 Å². The number of aryl methyl sites for hydroxylation is 2. The Morgan fingerprint density at radius 3 is 2.32 bits per heavy atom. The fraction of sp³-hybridized carbons (Fsp3) is 0.304. The Kier molecular flexibility index (Phi) is 7.12. The van der Waals surface area contributed by atoms with Crippen LogP contribution in [0.3, 0.4) is 0 Å². The van der Waals surface area contributed by atoms with Gasteiger partial charge < -0.3 is 9.84 Å². The van der Waals surface area contributed by atoms with Crippen LogP contribution in [-0.2, 0) is 17.4 Å². The van der Waals surface area contributed by atoms with E-state index in [0.717, 1.165) is 23.3 Å². The van der Waals surface area contributed by atoms with E-state index >= 15 is 0 Å². The first-order valence-corrected chi connectivity index (χ1v) is 9.90. The average Bonchev–Trinajstić information content (AvgIpc) is 3.20. The molecule has 1 aromatic heterocycles. The molecule has 0 saturated carbocycles. The predicted molar refractivity (Wildman–Crippen MR) is 110 cm³/mol. The van der Waals surface area contributed by atoms with Crippen molar-refractivity contribution < 1.29 is 22.5 Å². The highest BCUT2D eigenvalue weighted by Gasteiger charge is 2.30. The number of carbonyl (C=O) groups is 1. The summed E-state index contributed by atoms with van der Waals surface area (Å²) in [4.78, 5) is 12.6. The zero-order chi connectivity index (χ0) is 22.4. The number of carbonyl (C=O) groups excluding carboxylic acids is 1. The predicted octanol–water partition coefficient (Wildman–Crippen LogP) is 4.75. The van der Waals surface area contributed by atoms with E-state index < -0.39 is 17.8 Å². The van der Waals surface area contributed by atoms with Gasteiger partial charge in [-0.1, -0.05) is 47.6 Å². The molecule has 1 heterocycles. The molecule has 1 amide bonds. The molecule has 5 nitrogen and oxygen atoms in total. The van der Waals surface area contributed by atoms with Crippen molar-refractivity contribution in [2.24, 2.45) is 0 Å². The third-order valence-corrected chi connectivity index (χ3v) is 5.00. The first-order chi connectivity index (χ1) is 14.8. The highest BCUT2D eigenvalue weighted by Crippen LogP contribution is 2.30. The molecular formula is C23H24F3N3O2. The van der Waals surface area contributed by atoms with Gasteiger partial charge in [0.05, 0.1) is 17.3 Å². The summed E-state index contributed by atoms with van der Waals surface area (Å²) >= 11 is 0. The largest absolute Gasteiger partial charge is 0.416 e. The van der Waals surface area contributed by atoms with E-state index in [9.17, 15) is 18.0 Å². The molecule has 0 aliphatic rings. The molecule has 2 atom stereocenters. The average molecular weight is 431 g/mol. The van der Waals surface area contributed by atoms with Crippen LogP contribution < -0.4 is 10.6 Å². The van der Waals surface area contributed by atoms with E-state index in [1.54, 1.807) is 20.0 Å². The molecule has 3 aromatic rings. The first kappa shape index (κ1) is 22.6. The van der Waals surface area contributed by atoms with Gasteiger partial charge in [0, 0.05) is 13.1 Å². The number of halogens is 3. The summed E-state index contributed by atoms with van der Waals surface area (Å²) in [6.45, 7) is 1.80. The summed E-state index contributed by atoms with van der Waals surface area (Å²) < 4.78 is 43.8. The fourth-order valence-corrected chi connectivity index (χ4v) is 3.34. The van der Waals surface area contributed by atoms with Gasteiger partial charge in [-0.25, -0.2) is 0 Å². The van der Waals surface area contributed by atoms with E-state index in [0.29, 0.717) is 24.3 Å². The number of amides is 1. The van der Waals surface area contributed by atoms with Gasteiger partial charge in [0.1, 0.15) is 6.04 Å². The fourth-order valence-electron chi connectivity index (χ4n) is 3.34. The Morgan fingerprint density at radius 1 is 1.10 bits per heavy atom. The molecule has 0 fully saturated rings. The second-order valence-electron chi connectivity index (χ2n) is 7.28. The minimum atomic E-state index is -4.36. The van der Waals surface area contributed by atoms with Crippen molar-refractivity contribution in [1.29, 1.82) is 0 Å². The summed E-state index contributed by atoms with van der Waals surface area (Å²) in [7, 11) is 1.57. The Morgan fingerprint density at radius 2 is 1.77 bits per heavy atom. The molecule has 164 valence electrons. The van der Waals surface area contributed by atoms with Crippen LogP contribution in [0.1, 0.15) is 46.6 Å². The molecule has 0 saturated heterocycles. The van der Waals surface area contributed by atoms with Crippen molar-refractivity contribution in [3.05, 3.63) is 88.8 Å². The number of hydrogen-bond donors (Lipinski definition) is 2. The van der Waals surface area contributed by atoms with Crippen LogP contribution >= 0.6 is 0 Å². The third kappa shape index (κ3) is 5.95. The molecule has 2 N–H and O–H groups in total. The molecule has 3 rings (SSSR count). The number of benzene rings is 2. The van der Waals surface area contributed by atoms with Gasteiger partial charge in [0.15, 0.2) is 5.76 Å². The molecule has 0 bridgehead atoms. The molecule has 0 aliphatic carbocycles. The zero-order valence-corrected chi connectivity index (χ0v) is 17.2. The quantitative estimate of drug-likeness (QED) is 0.540. The number of aromatic nitrogens is 1. The molecular weight excluding hydrogens is 407 g/mol. The topological polar surface area (TPSA) is 67.2 Å². The molecule has 0 radical (unpaired) electrons. The van der Waals surface area contributed by atoms with Crippen molar-refractivity contribution in [1.82, 2.24) is 15.8 Å². The van der Waals surface area contributed by atoms with Crippen LogP contribution in [0.25, 0.3) is 0 Å². The van der Waals surface area contributed by atoms with E-state index in [1.165, 1.54) is 12.1 Å². The number of alkyl halides is 3. The summed E-state index contributed by atoms with van der Waals surface area (Å²) in [5.41, 5.74) is 1.57. The lowest BCUT2D eigenvalue weighted by atomic mass is 9.99. The van der Waals surface area contributed by atoms with Crippen molar-refractivity contribution in [2.75, 3.05) is 7.05 Å². The van der Waals surface area contributed by atoms with Crippen LogP contribution in [0.5, 0.6) is 0 Å². The summed E-state index contributed by atoms with van der Waals surface area (Å²) in [5, 5.41) is 9.93. The van der Waals surface area contributed by atoms with Crippen LogP contribution in [0.15, 0.2) is 65.2 Å². The summed E-state index contributed by atoms with van der Waals surface area (Å²) in [6.07, 6.45) is -3.37. The van der Waals surface area contributed by atoms with Gasteiger partial charge in [-0.2, -0.15) is 13.2 Å².